The molecule has 42 heavy (non-hydrogen) atoms. The van der Waals surface area contributed by atoms with Crippen molar-refractivity contribution in [3.63, 3.8) is 0 Å². The average molecular weight is 579 g/mol. The zero-order chi connectivity index (χ0) is 29.9. The number of fused-ring (bicyclic) bond motifs is 9. The summed E-state index contributed by atoms with van der Waals surface area (Å²) in [6, 6.07) is 3.62. The third-order valence-electron chi connectivity index (χ3n) is 9.32. The second-order valence-electron chi connectivity index (χ2n) is 11.4. The molecule has 1 amide bonds. The first-order valence-electron chi connectivity index (χ1n) is 14.2. The Morgan fingerprint density at radius 1 is 1.07 bits per heavy atom. The third-order valence-corrected chi connectivity index (χ3v) is 9.32. The second kappa shape index (κ2) is 10.8. The molecule has 1 fully saturated rings. The molecule has 5 atom stereocenters. The van der Waals surface area contributed by atoms with Crippen molar-refractivity contribution in [3.05, 3.63) is 39.4 Å². The van der Waals surface area contributed by atoms with Crippen LogP contribution in [0.2, 0.25) is 0 Å². The number of likely N-dealkylation sites (N-methyl/N-ethyl adjacent to an activating group) is 1. The smallest absolute Gasteiger partial charge is 0.231 e. The van der Waals surface area contributed by atoms with Crippen LogP contribution in [0, 0.1) is 25.2 Å². The summed E-state index contributed by atoms with van der Waals surface area (Å²) in [5.41, 5.74) is 5.95. The lowest BCUT2D eigenvalue weighted by molar-refractivity contribution is -0.120. The zero-order valence-corrected chi connectivity index (χ0v) is 25.2. The van der Waals surface area contributed by atoms with Gasteiger partial charge in [-0.05, 0) is 44.9 Å². The standard InChI is InChI=1S/C31H38N4O7/c1-15-8-18-9-20-22(11-32)35-21(26(34(20)4)24(18)30(27(15)38-6)40-13-37-5)10-19-25(23(35)12-33-17(3)36)31-29(41-14-42-31)16(2)28(19)39-7/h8,20-23,26H,9-10,12-14H2,1-7H3,(H,33,36)/t20-,21?,22+,23+,26-/m1/s1. The van der Waals surface area contributed by atoms with Gasteiger partial charge >= 0.3 is 0 Å². The molecule has 4 aliphatic rings. The number of benzene rings is 2. The highest BCUT2D eigenvalue weighted by molar-refractivity contribution is 5.73. The Morgan fingerprint density at radius 3 is 2.48 bits per heavy atom. The number of aryl methyl sites for hydroxylation is 1. The van der Waals surface area contributed by atoms with Crippen molar-refractivity contribution in [1.29, 1.82) is 5.26 Å². The van der Waals surface area contributed by atoms with Gasteiger partial charge in [0.15, 0.2) is 29.8 Å². The summed E-state index contributed by atoms with van der Waals surface area (Å²) < 4.78 is 35.5. The molecular formula is C31H38N4O7. The first-order valence-corrected chi connectivity index (χ1v) is 14.2. The van der Waals surface area contributed by atoms with Crippen molar-refractivity contribution in [2.75, 3.05) is 48.5 Å². The first-order chi connectivity index (χ1) is 20.3. The molecule has 2 aromatic rings. The summed E-state index contributed by atoms with van der Waals surface area (Å²) in [7, 11) is 7.01. The lowest BCUT2D eigenvalue weighted by atomic mass is 9.71. The molecule has 1 unspecified atom stereocenters. The van der Waals surface area contributed by atoms with E-state index in [2.05, 4.69) is 34.3 Å². The highest BCUT2D eigenvalue weighted by Gasteiger charge is 2.56. The normalized spacial score (nSPS) is 25.5. The van der Waals surface area contributed by atoms with E-state index in [0.29, 0.717) is 42.4 Å². The fourth-order valence-electron chi connectivity index (χ4n) is 7.78. The average Bonchev–Trinajstić information content (AvgIpc) is 3.45. The summed E-state index contributed by atoms with van der Waals surface area (Å²) >= 11 is 0. The topological polar surface area (TPSA) is 115 Å². The van der Waals surface area contributed by atoms with Crippen LogP contribution in [0.5, 0.6) is 28.7 Å². The van der Waals surface area contributed by atoms with Crippen LogP contribution < -0.4 is 29.0 Å². The molecule has 1 saturated heterocycles. The van der Waals surface area contributed by atoms with E-state index in [1.807, 2.05) is 13.8 Å². The maximum absolute atomic E-state index is 12.3. The third kappa shape index (κ3) is 4.07. The summed E-state index contributed by atoms with van der Waals surface area (Å²) in [4.78, 5) is 16.9. The highest BCUT2D eigenvalue weighted by atomic mass is 16.7. The van der Waals surface area contributed by atoms with E-state index >= 15 is 0 Å². The van der Waals surface area contributed by atoms with Crippen molar-refractivity contribution in [2.45, 2.75) is 63.8 Å². The minimum atomic E-state index is -0.452. The number of nitrogens with zero attached hydrogens (tertiary/aromatic N) is 3. The number of amides is 1. The Kier molecular flexibility index (Phi) is 7.33. The van der Waals surface area contributed by atoms with Gasteiger partial charge < -0.3 is 33.7 Å². The Bertz CT molecular complexity index is 1470. The van der Waals surface area contributed by atoms with Gasteiger partial charge in [-0.1, -0.05) is 6.07 Å². The fourth-order valence-corrected chi connectivity index (χ4v) is 7.78. The van der Waals surface area contributed by atoms with E-state index in [9.17, 15) is 10.1 Å². The molecule has 4 aliphatic heterocycles. The SMILES string of the molecule is COCOc1c(OC)c(C)cc2c1[C@H]1C3Cc4c(OC)c(C)c5c(c4[C@H](CNC(C)=O)N3[C@@H](C#N)[C@@H](C2)N1C)OCO5. The number of methoxy groups -OCH3 is 3. The van der Waals surface area contributed by atoms with Crippen LogP contribution in [-0.4, -0.2) is 82.3 Å². The lowest BCUT2D eigenvalue weighted by Crippen LogP contribution is -2.68. The number of carbonyl (C=O) groups is 1. The van der Waals surface area contributed by atoms with E-state index < -0.39 is 6.04 Å². The monoisotopic (exact) mass is 578 g/mol. The molecule has 0 aliphatic carbocycles. The van der Waals surface area contributed by atoms with Crippen molar-refractivity contribution in [3.8, 4) is 34.8 Å². The van der Waals surface area contributed by atoms with Crippen LogP contribution in [0.15, 0.2) is 6.07 Å². The Labute approximate surface area is 246 Å². The van der Waals surface area contributed by atoms with Crippen LogP contribution in [0.1, 0.15) is 52.4 Å². The van der Waals surface area contributed by atoms with Gasteiger partial charge in [0, 0.05) is 54.9 Å². The van der Waals surface area contributed by atoms with E-state index in [0.717, 1.165) is 39.1 Å². The maximum atomic E-state index is 12.3. The molecule has 6 rings (SSSR count). The lowest BCUT2D eigenvalue weighted by Gasteiger charge is -2.60. The van der Waals surface area contributed by atoms with Crippen LogP contribution >= 0.6 is 0 Å². The molecule has 0 aromatic heterocycles. The summed E-state index contributed by atoms with van der Waals surface area (Å²) in [6.45, 7) is 5.98. The van der Waals surface area contributed by atoms with Gasteiger partial charge in [0.05, 0.1) is 32.4 Å². The molecule has 0 spiro atoms. The van der Waals surface area contributed by atoms with E-state index in [-0.39, 0.29) is 43.7 Å². The van der Waals surface area contributed by atoms with Gasteiger partial charge in [0.25, 0.3) is 0 Å². The highest BCUT2D eigenvalue weighted by Crippen LogP contribution is 2.58. The van der Waals surface area contributed by atoms with E-state index in [4.69, 9.17) is 28.4 Å². The molecule has 224 valence electrons. The zero-order valence-electron chi connectivity index (χ0n) is 25.2. The first kappa shape index (κ1) is 28.4. The minimum Gasteiger partial charge on any atom is -0.496 e. The fraction of sp³-hybridized carbons (Fsp3) is 0.548. The van der Waals surface area contributed by atoms with E-state index in [1.165, 1.54) is 6.92 Å². The number of ether oxygens (including phenoxy) is 6. The van der Waals surface area contributed by atoms with Gasteiger partial charge in [-0.2, -0.15) is 5.26 Å². The van der Waals surface area contributed by atoms with Crippen LogP contribution in [0.25, 0.3) is 0 Å². The van der Waals surface area contributed by atoms with Crippen molar-refractivity contribution in [1.82, 2.24) is 15.1 Å². The van der Waals surface area contributed by atoms with Gasteiger partial charge in [0.2, 0.25) is 12.7 Å². The van der Waals surface area contributed by atoms with Gasteiger partial charge in [-0.15, -0.1) is 0 Å². The number of nitrogens with one attached hydrogen (secondary N) is 1. The number of piperazine rings is 1. The summed E-state index contributed by atoms with van der Waals surface area (Å²) in [6.07, 6.45) is 1.25. The van der Waals surface area contributed by atoms with Gasteiger partial charge in [-0.25, -0.2) is 0 Å². The Morgan fingerprint density at radius 2 is 1.81 bits per heavy atom. The van der Waals surface area contributed by atoms with Gasteiger partial charge in [-0.3, -0.25) is 14.6 Å². The molecule has 2 bridgehead atoms. The largest absolute Gasteiger partial charge is 0.496 e. The Hall–Kier alpha value is -3.72. The van der Waals surface area contributed by atoms with Crippen molar-refractivity contribution in [2.24, 2.45) is 0 Å². The maximum Gasteiger partial charge on any atom is 0.231 e. The predicted octanol–water partition coefficient (Wildman–Crippen LogP) is 2.94. The molecule has 0 saturated carbocycles. The molecule has 0 radical (unpaired) electrons. The number of carbonyl (C=O) groups excluding carboxylic acids is 1. The molecular weight excluding hydrogens is 540 g/mol. The van der Waals surface area contributed by atoms with Crippen LogP contribution in [0.3, 0.4) is 0 Å². The number of nitriles is 1. The molecule has 11 heteroatoms. The quantitative estimate of drug-likeness (QED) is 0.492. The number of hydrogen-bond acceptors (Lipinski definition) is 10. The Balaban J connectivity index is 1.61. The van der Waals surface area contributed by atoms with Gasteiger partial charge in [0.1, 0.15) is 11.8 Å². The van der Waals surface area contributed by atoms with Crippen LogP contribution in [0.4, 0.5) is 0 Å². The van der Waals surface area contributed by atoms with Crippen molar-refractivity contribution >= 4 is 5.91 Å². The molecule has 11 nitrogen and oxygen atoms in total. The minimum absolute atomic E-state index is 0.0752. The summed E-state index contributed by atoms with van der Waals surface area (Å²) in [5, 5.41) is 13.8. The predicted molar refractivity (Wildman–Crippen MR) is 152 cm³/mol. The van der Waals surface area contributed by atoms with E-state index in [1.54, 1.807) is 21.3 Å². The molecule has 4 heterocycles. The molecule has 1 N–H and O–H groups in total. The number of hydrogen-bond donors (Lipinski definition) is 1. The summed E-state index contributed by atoms with van der Waals surface area (Å²) in [5.74, 6) is 3.26. The van der Waals surface area contributed by atoms with Crippen LogP contribution in [-0.2, 0) is 22.4 Å². The van der Waals surface area contributed by atoms with Crippen molar-refractivity contribution < 1.29 is 33.2 Å². The second-order valence-corrected chi connectivity index (χ2v) is 11.4. The number of rotatable bonds is 7. The molecule has 2 aromatic carbocycles.